The average molecular weight is 749 g/mol. The second-order valence-electron chi connectivity index (χ2n) is 5.73. The maximum absolute atomic E-state index is 12.1. The minimum Gasteiger partial charge on any atom is -0.870 e. The van der Waals surface area contributed by atoms with Crippen LogP contribution in [0, 0.1) is 30.6 Å². The molecule has 0 fully saturated rings. The average Bonchev–Trinajstić information content (AvgIpc) is 2.75. The maximum Gasteiger partial charge on any atom is 2.00 e. The number of nitrogens with zero attached hydrogens (tertiary/aromatic N) is 4. The molecule has 0 atom stereocenters. The van der Waals surface area contributed by atoms with E-state index in [1.165, 1.54) is 12.4 Å². The smallest absolute Gasteiger partial charge is 0.870 e. The second kappa shape index (κ2) is 22.3. The van der Waals surface area contributed by atoms with E-state index in [4.69, 9.17) is 40.1 Å². The first kappa shape index (κ1) is 37.4. The van der Waals surface area contributed by atoms with Gasteiger partial charge in [-0.1, -0.05) is 35.8 Å². The van der Waals surface area contributed by atoms with Crippen molar-refractivity contribution < 1.29 is 46.9 Å². The minimum atomic E-state index is -1.75. The van der Waals surface area contributed by atoms with Crippen molar-refractivity contribution in [1.29, 1.82) is 0 Å². The summed E-state index contributed by atoms with van der Waals surface area (Å²) in [6.07, 6.45) is 3.05. The molecule has 197 valence electrons. The molecule has 0 unspecified atom stereocenters. The van der Waals surface area contributed by atoms with Gasteiger partial charge in [0.2, 0.25) is 0 Å². The number of para-hydroxylation sites is 2. The Morgan fingerprint density at radius 3 is 1.33 bits per heavy atom. The number of aliphatic imine (C=N–C) groups is 2. The zero-order valence-electron chi connectivity index (χ0n) is 19.1. The van der Waals surface area contributed by atoms with Crippen LogP contribution in [0.3, 0.4) is 0 Å². The van der Waals surface area contributed by atoms with E-state index < -0.39 is 10.2 Å². The second-order valence-corrected chi connectivity index (χ2v) is 5.73. The van der Waals surface area contributed by atoms with Crippen molar-refractivity contribution in [3.63, 3.8) is 0 Å². The van der Waals surface area contributed by atoms with Gasteiger partial charge in [0.05, 0.1) is 36.5 Å². The third kappa shape index (κ3) is 17.3. The van der Waals surface area contributed by atoms with Crippen LogP contribution in [0.2, 0.25) is 0 Å². The summed E-state index contributed by atoms with van der Waals surface area (Å²) in [5.74, 6) is 0.300. The molecule has 0 heterocycles. The fourth-order valence-electron chi connectivity index (χ4n) is 2.25. The van der Waals surface area contributed by atoms with Gasteiger partial charge in [-0.3, -0.25) is 9.98 Å². The molecular weight excluding hydrogens is 727 g/mol. The fourth-order valence-corrected chi connectivity index (χ4v) is 2.25. The van der Waals surface area contributed by atoms with Gasteiger partial charge in [0.25, 0.3) is 0 Å². The Kier molecular flexibility index (Phi) is 23.1. The van der Waals surface area contributed by atoms with Gasteiger partial charge in [0.15, 0.2) is 0 Å². The van der Waals surface area contributed by atoms with Crippen LogP contribution in [0.1, 0.15) is 25.0 Å². The summed E-state index contributed by atoms with van der Waals surface area (Å²) in [6, 6.07) is 10.2. The molecule has 0 amide bonds. The van der Waals surface area contributed by atoms with E-state index in [0.29, 0.717) is 48.9 Å². The van der Waals surface area contributed by atoms with Gasteiger partial charge >= 0.3 is 44.4 Å². The molecule has 0 spiro atoms. The van der Waals surface area contributed by atoms with Crippen molar-refractivity contribution in [2.75, 3.05) is 26.3 Å². The van der Waals surface area contributed by atoms with Crippen molar-refractivity contribution in [2.24, 2.45) is 9.98 Å². The maximum atomic E-state index is 12.1. The van der Waals surface area contributed by atoms with Crippen molar-refractivity contribution in [2.45, 2.75) is 13.8 Å². The topological polar surface area (TPSA) is 222 Å². The van der Waals surface area contributed by atoms with Crippen LogP contribution in [0.5, 0.6) is 23.0 Å². The molecule has 36 heavy (non-hydrogen) atoms. The van der Waals surface area contributed by atoms with Gasteiger partial charge in [-0.25, -0.2) is 0 Å². The summed E-state index contributed by atoms with van der Waals surface area (Å²) in [5.41, 5.74) is 0.956. The van der Waals surface area contributed by atoms with Crippen molar-refractivity contribution >= 4 is 39.7 Å². The van der Waals surface area contributed by atoms with E-state index in [1.54, 1.807) is 36.4 Å². The molecule has 0 saturated heterocycles. The van der Waals surface area contributed by atoms with E-state index in [2.05, 4.69) is 9.98 Å². The molecule has 0 bridgehead atoms. The molecule has 3 radical (unpaired) electrons. The van der Waals surface area contributed by atoms with Crippen LogP contribution in [-0.4, -0.2) is 76.2 Å². The Bertz CT molecular complexity index is 894. The van der Waals surface area contributed by atoms with Gasteiger partial charge in [0.1, 0.15) is 11.5 Å². The Hall–Kier alpha value is -3.18. The van der Waals surface area contributed by atoms with Crippen LogP contribution in [0.25, 0.3) is 0 Å². The quantitative estimate of drug-likeness (QED) is 0.118. The molecule has 0 saturated carbocycles. The van der Waals surface area contributed by atoms with E-state index in [-0.39, 0.29) is 55.9 Å². The van der Waals surface area contributed by atoms with Crippen LogP contribution < -0.4 is 19.7 Å². The molecule has 2 aromatic rings. The van der Waals surface area contributed by atoms with E-state index >= 15 is 0 Å². The minimum absolute atomic E-state index is 0. The van der Waals surface area contributed by atoms with Crippen molar-refractivity contribution in [3.8, 4) is 23.0 Å². The first-order valence-electron chi connectivity index (χ1n) is 9.62. The van der Waals surface area contributed by atoms with Gasteiger partial charge in [-0.2, -0.15) is 0 Å². The Balaban J connectivity index is -0.000000953. The van der Waals surface area contributed by atoms with E-state index in [1.807, 2.05) is 13.8 Å². The van der Waals surface area contributed by atoms with Gasteiger partial charge in [-0.05, 0) is 37.1 Å². The molecule has 0 aliphatic rings. The molecule has 2 rings (SSSR count). The summed E-state index contributed by atoms with van der Waals surface area (Å²) in [4.78, 5) is 24.9. The number of ether oxygens (including phenoxy) is 2. The summed E-state index contributed by atoms with van der Waals surface area (Å²) in [7, 11) is 0. The third-order valence-electron chi connectivity index (χ3n) is 3.44. The van der Waals surface area contributed by atoms with E-state index in [9.17, 15) is 10.2 Å². The molecule has 0 N–H and O–H groups in total. The number of rotatable bonds is 9. The molecule has 2 aromatic carbocycles. The van der Waals surface area contributed by atoms with Crippen LogP contribution in [0.4, 0.5) is 0 Å². The van der Waals surface area contributed by atoms with Gasteiger partial charge < -0.3 is 50.3 Å². The fraction of sp³-hybridized carbons (Fsp3) is 0.300. The SMILES string of the molecule is CCOc1cccc(C=NCCN=Cc2cccc(OCC)c2[O-])c1[O-].O=[N+]([O-])[O-].O=[N+]([O-])[O-].[Cu+2].[Pb+2]. The van der Waals surface area contributed by atoms with Crippen LogP contribution >= 0.6 is 0 Å². The van der Waals surface area contributed by atoms with E-state index in [0.717, 1.165) is 0 Å². The van der Waals surface area contributed by atoms with Crippen molar-refractivity contribution in [3.05, 3.63) is 78.2 Å². The third-order valence-corrected chi connectivity index (χ3v) is 3.44. The Morgan fingerprint density at radius 1 is 0.750 bits per heavy atom. The summed E-state index contributed by atoms with van der Waals surface area (Å²) < 4.78 is 10.5. The molecular formula is C20H22CuN4O10Pb. The van der Waals surface area contributed by atoms with Gasteiger partial charge in [-0.15, -0.1) is 0 Å². The number of hydrogen-bond acceptors (Lipinski definition) is 12. The summed E-state index contributed by atoms with van der Waals surface area (Å²) >= 11 is 0. The standard InChI is InChI=1S/C20H24N2O4.Cu.2NO3.Pb/c1-3-25-17-9-5-7-15(19(17)23)13-21-11-12-22-14-16-8-6-10-18(20(16)24)26-4-2;;2*2-1(3)4;/h5-10,13-14,23-24H,3-4,11-12H2,1-2H3;;;;/q;+2;2*-1;+2/p-2. The van der Waals surface area contributed by atoms with Crippen LogP contribution in [0.15, 0.2) is 46.4 Å². The normalized spacial score (nSPS) is 9.50. The largest absolute Gasteiger partial charge is 2.00 e. The first-order chi connectivity index (χ1) is 16.1. The molecule has 0 aliphatic heterocycles. The monoisotopic (exact) mass is 749 g/mol. The zero-order valence-corrected chi connectivity index (χ0v) is 23.9. The summed E-state index contributed by atoms with van der Waals surface area (Å²) in [6.45, 7) is 5.36. The zero-order chi connectivity index (χ0) is 25.9. The van der Waals surface area contributed by atoms with Crippen molar-refractivity contribution in [1.82, 2.24) is 0 Å². The first-order valence-corrected chi connectivity index (χ1v) is 9.62. The summed E-state index contributed by atoms with van der Waals surface area (Å²) in [5, 5.41) is 53.7. The predicted molar refractivity (Wildman–Crippen MR) is 126 cm³/mol. The number of benzene rings is 2. The molecule has 16 heteroatoms. The Labute approximate surface area is 237 Å². The van der Waals surface area contributed by atoms with Crippen LogP contribution in [-0.2, 0) is 17.1 Å². The molecule has 14 nitrogen and oxygen atoms in total. The predicted octanol–water partition coefficient (Wildman–Crippen LogP) is 1.31. The number of hydrogen-bond donors (Lipinski definition) is 0. The Morgan fingerprint density at radius 2 is 1.06 bits per heavy atom. The molecule has 0 aliphatic carbocycles. The van der Waals surface area contributed by atoms with Gasteiger partial charge in [0, 0.05) is 12.4 Å². The molecule has 0 aromatic heterocycles.